The Morgan fingerprint density at radius 2 is 0.698 bits per heavy atom. The molecular weight excluding hydrogens is 681 g/mol. The van der Waals surface area contributed by atoms with Gasteiger partial charge in [0, 0.05) is 0 Å². The number of aryl methyl sites for hydroxylation is 1. The topological polar surface area (TPSA) is 8.81 Å². The molecule has 2 rings (SSSR count). The highest BCUT2D eigenvalue weighted by molar-refractivity contribution is 6.51. The van der Waals surface area contributed by atoms with E-state index >= 15 is 0 Å². The van der Waals surface area contributed by atoms with E-state index < -0.39 is 43.5 Å². The van der Waals surface area contributed by atoms with Crippen LogP contribution in [0.4, 0.5) is 104 Å². The average Bonchev–Trinajstić information content (AvgIpc) is 2.98. The molecule has 32 heteroatoms. The fraction of sp³-hybridized carbons (Fsp3) is 0.182. The fourth-order valence-electron chi connectivity index (χ4n) is 1.39. The van der Waals surface area contributed by atoms with E-state index in [4.69, 9.17) is 0 Å². The molecule has 0 aliphatic rings. The maximum atomic E-state index is 9.75. The van der Waals surface area contributed by atoms with Gasteiger partial charge in [-0.05, 0) is 5.56 Å². The number of benzene rings is 1. The molecule has 0 N–H and O–H groups in total. The number of imidazole rings is 1. The maximum Gasteiger partial charge on any atom is 0.673 e. The summed E-state index contributed by atoms with van der Waals surface area (Å²) < 4.78 is 238. The van der Waals surface area contributed by atoms with Crippen molar-refractivity contribution in [3.05, 3.63) is 54.6 Å². The predicted molar refractivity (Wildman–Crippen MR) is 112 cm³/mol. The Labute approximate surface area is 225 Å². The summed E-state index contributed by atoms with van der Waals surface area (Å²) in [7, 11) is -34.0. The minimum absolute atomic E-state index is 0.946. The third-order valence-electron chi connectivity index (χ3n) is 2.03. The maximum absolute atomic E-state index is 9.75. The van der Waals surface area contributed by atoms with Crippen molar-refractivity contribution < 1.29 is 108 Å². The van der Waals surface area contributed by atoms with Gasteiger partial charge in [0.2, 0.25) is 6.33 Å². The van der Waals surface area contributed by atoms with Crippen molar-refractivity contribution in [1.29, 1.82) is 0 Å². The van der Waals surface area contributed by atoms with Crippen molar-refractivity contribution in [1.82, 2.24) is 4.57 Å². The van der Waals surface area contributed by atoms with Gasteiger partial charge >= 0.3 is 43.5 Å². The first-order chi connectivity index (χ1) is 18.3. The van der Waals surface area contributed by atoms with Gasteiger partial charge in [-0.15, -0.1) is 0 Å². The zero-order chi connectivity index (χ0) is 36.1. The van der Waals surface area contributed by atoms with E-state index in [1.54, 1.807) is 0 Å². The quantitative estimate of drug-likeness (QED) is 0.169. The molecule has 0 bridgehead atoms. The van der Waals surface area contributed by atoms with Crippen LogP contribution in [0.15, 0.2) is 49.1 Å². The van der Waals surface area contributed by atoms with Crippen LogP contribution in [-0.4, -0.2) is 48.1 Å². The van der Waals surface area contributed by atoms with E-state index in [-0.39, 0.29) is 0 Å². The summed E-state index contributed by atoms with van der Waals surface area (Å²) in [6.45, 7) is 0.946. The van der Waals surface area contributed by atoms with Crippen LogP contribution in [0.2, 0.25) is 0 Å². The van der Waals surface area contributed by atoms with Crippen molar-refractivity contribution in [2.24, 2.45) is 7.05 Å². The third kappa shape index (κ3) is 164. The number of halogens is 24. The Hall–Kier alpha value is -2.86. The minimum Gasteiger partial charge on any atom is -0.418 e. The first-order valence-electron chi connectivity index (χ1n) is 9.63. The molecule has 2 nitrogen and oxygen atoms in total. The second-order valence-electron chi connectivity index (χ2n) is 6.21. The molecule has 0 unspecified atom stereocenters. The van der Waals surface area contributed by atoms with Crippen LogP contribution in [0.3, 0.4) is 0 Å². The molecule has 0 fully saturated rings. The zero-order valence-corrected chi connectivity index (χ0v) is 20.3. The van der Waals surface area contributed by atoms with Crippen molar-refractivity contribution in [2.45, 2.75) is 6.54 Å². The molecule has 0 saturated carbocycles. The fourth-order valence-corrected chi connectivity index (χ4v) is 1.39. The summed E-state index contributed by atoms with van der Waals surface area (Å²) in [4.78, 5) is 0. The Balaban J connectivity index is -0.000000139. The van der Waals surface area contributed by atoms with Gasteiger partial charge in [-0.2, -0.15) is 0 Å². The van der Waals surface area contributed by atoms with Crippen LogP contribution in [0.1, 0.15) is 5.56 Å². The highest BCUT2D eigenvalue weighted by Crippen LogP contribution is 2.09. The average molecular weight is 694 g/mol. The molecule has 1 heterocycles. The number of aromatic nitrogens is 2. The normalized spacial score (nSPS) is 11.5. The van der Waals surface area contributed by atoms with Gasteiger partial charge in [0.05, 0.1) is 7.05 Å². The lowest BCUT2D eigenvalue weighted by Crippen LogP contribution is -2.23. The molecule has 0 spiro atoms. The van der Waals surface area contributed by atoms with E-state index in [2.05, 4.69) is 41.4 Å². The van der Waals surface area contributed by atoms with Crippen LogP contribution >= 0.6 is 0 Å². The van der Waals surface area contributed by atoms with E-state index in [1.807, 2.05) is 23.9 Å². The van der Waals surface area contributed by atoms with Crippen LogP contribution in [0.5, 0.6) is 0 Å². The lowest BCUT2D eigenvalue weighted by atomic mass is 10.2. The molecule has 2 aromatic rings. The number of rotatable bonds is 2. The molecule has 0 saturated heterocycles. The van der Waals surface area contributed by atoms with Crippen LogP contribution in [-0.2, 0) is 13.6 Å². The molecule has 1 aromatic carbocycles. The number of nitrogens with zero attached hydrogens (tertiary/aromatic N) is 2. The van der Waals surface area contributed by atoms with Gasteiger partial charge in [-0.1, -0.05) is 30.3 Å². The standard InChI is InChI=1S/C11H13N2.6BF4/c1-12-7-8-13(10-12)9-11-5-3-2-4-6-11;6*2-1(3,4)5/h2-8,10H,9H2,1H3;;;;;;/q+1;6*-1. The Kier molecular flexibility index (Phi) is 25.2. The van der Waals surface area contributed by atoms with Gasteiger partial charge in [0.15, 0.2) is 0 Å². The molecule has 0 aliphatic heterocycles. The van der Waals surface area contributed by atoms with Crippen molar-refractivity contribution >= 4 is 43.5 Å². The predicted octanol–water partition coefficient (Wildman–Crippen LogP) is 9.16. The van der Waals surface area contributed by atoms with Crippen LogP contribution < -0.4 is 4.57 Å². The molecule has 0 amide bonds. The summed E-state index contributed by atoms with van der Waals surface area (Å²) >= 11 is 0. The monoisotopic (exact) mass is 695 g/mol. The van der Waals surface area contributed by atoms with Gasteiger partial charge in [-0.25, -0.2) is 9.13 Å². The highest BCUT2D eigenvalue weighted by Gasteiger charge is 2.22. The van der Waals surface area contributed by atoms with Gasteiger partial charge in [0.1, 0.15) is 18.9 Å². The SMILES string of the molecule is C[n+]1ccn(Cc2ccccc2)c1.F[B-](F)(F)F.F[B-](F)(F)F.F[B-](F)(F)F.F[B-](F)(F)F.F[B-](F)(F)F.F[B-](F)(F)F. The molecule has 1 aromatic heterocycles. The third-order valence-corrected chi connectivity index (χ3v) is 2.03. The second kappa shape index (κ2) is 21.8. The van der Waals surface area contributed by atoms with E-state index in [0.717, 1.165) is 6.54 Å². The van der Waals surface area contributed by atoms with Gasteiger partial charge < -0.3 is 104 Å². The Morgan fingerprint density at radius 3 is 0.884 bits per heavy atom. The Morgan fingerprint density at radius 1 is 0.465 bits per heavy atom. The molecule has 0 atom stereocenters. The Bertz CT molecular complexity index is 771. The van der Waals surface area contributed by atoms with E-state index in [9.17, 15) is 104 Å². The summed E-state index contributed by atoms with van der Waals surface area (Å²) in [6.07, 6.45) is 6.20. The molecule has 43 heavy (non-hydrogen) atoms. The highest BCUT2D eigenvalue weighted by atomic mass is 19.5. The summed E-state index contributed by atoms with van der Waals surface area (Å²) in [6, 6.07) is 10.5. The van der Waals surface area contributed by atoms with Crippen molar-refractivity contribution in [2.75, 3.05) is 0 Å². The largest absolute Gasteiger partial charge is 0.673 e. The van der Waals surface area contributed by atoms with Crippen LogP contribution in [0.25, 0.3) is 0 Å². The summed E-state index contributed by atoms with van der Waals surface area (Å²) in [5, 5.41) is 0. The molecule has 0 aliphatic carbocycles. The van der Waals surface area contributed by atoms with Gasteiger partial charge in [0.25, 0.3) is 0 Å². The molecular formula is C11H13B6F24N2-5. The molecule has 0 radical (unpaired) electrons. The lowest BCUT2D eigenvalue weighted by Gasteiger charge is -1.95. The first kappa shape index (κ1) is 49.8. The summed E-state index contributed by atoms with van der Waals surface area (Å²) in [5.41, 5.74) is 1.33. The minimum atomic E-state index is -6.00. The van der Waals surface area contributed by atoms with Crippen molar-refractivity contribution in [3.8, 4) is 0 Å². The van der Waals surface area contributed by atoms with Crippen molar-refractivity contribution in [3.63, 3.8) is 0 Å². The van der Waals surface area contributed by atoms with E-state index in [0.29, 0.717) is 0 Å². The van der Waals surface area contributed by atoms with Gasteiger partial charge in [-0.3, -0.25) is 0 Å². The number of hydrogen-bond donors (Lipinski definition) is 0. The number of hydrogen-bond acceptors (Lipinski definition) is 0. The van der Waals surface area contributed by atoms with Crippen LogP contribution in [0, 0.1) is 0 Å². The zero-order valence-electron chi connectivity index (χ0n) is 20.3. The summed E-state index contributed by atoms with van der Waals surface area (Å²) in [5.74, 6) is 0. The van der Waals surface area contributed by atoms with E-state index in [1.165, 1.54) is 5.56 Å². The first-order valence-corrected chi connectivity index (χ1v) is 9.63. The second-order valence-corrected chi connectivity index (χ2v) is 6.21. The lowest BCUT2D eigenvalue weighted by molar-refractivity contribution is -0.671. The molecule has 258 valence electrons. The smallest absolute Gasteiger partial charge is 0.418 e.